The van der Waals surface area contributed by atoms with Crippen LogP contribution in [0.5, 0.6) is 0 Å². The number of thioether (sulfide) groups is 1. The Balaban J connectivity index is 2.70. The third kappa shape index (κ3) is 4.20. The number of carbonyl (C=O) groups is 1. The van der Waals surface area contributed by atoms with Gasteiger partial charge in [0, 0.05) is 18.1 Å². The second kappa shape index (κ2) is 5.99. The molecule has 0 aliphatic rings. The summed E-state index contributed by atoms with van der Waals surface area (Å²) < 4.78 is 0. The Hall–Kier alpha value is -1.73. The van der Waals surface area contributed by atoms with Crippen molar-refractivity contribution in [3.05, 3.63) is 35.4 Å². The van der Waals surface area contributed by atoms with E-state index in [9.17, 15) is 4.79 Å². The van der Waals surface area contributed by atoms with Gasteiger partial charge in [0.05, 0.1) is 5.75 Å². The molecule has 0 fully saturated rings. The number of hydrogen-bond donors (Lipinski definition) is 2. The minimum atomic E-state index is 0.0294. The molecule has 0 aliphatic heterocycles. The van der Waals surface area contributed by atoms with Crippen LogP contribution >= 0.6 is 11.8 Å². The average molecular weight is 232 g/mol. The summed E-state index contributed by atoms with van der Waals surface area (Å²) in [6.07, 6.45) is 0. The Morgan fingerprint density at radius 2 is 2.31 bits per heavy atom. The molecule has 0 aromatic heterocycles. The van der Waals surface area contributed by atoms with Gasteiger partial charge in [-0.1, -0.05) is 35.7 Å². The monoisotopic (exact) mass is 232 g/mol. The van der Waals surface area contributed by atoms with Crippen molar-refractivity contribution in [2.75, 3.05) is 5.75 Å². The fraction of sp³-hybridized carbons (Fsp3) is 0.167. The van der Waals surface area contributed by atoms with Gasteiger partial charge in [-0.3, -0.25) is 10.2 Å². The van der Waals surface area contributed by atoms with E-state index in [4.69, 9.17) is 11.1 Å². The van der Waals surface area contributed by atoms with E-state index in [2.05, 4.69) is 11.8 Å². The van der Waals surface area contributed by atoms with Crippen molar-refractivity contribution >= 4 is 22.7 Å². The Labute approximate surface area is 98.9 Å². The van der Waals surface area contributed by atoms with Crippen LogP contribution in [-0.2, 0) is 4.79 Å². The van der Waals surface area contributed by atoms with Crippen LogP contribution in [0.25, 0.3) is 0 Å². The summed E-state index contributed by atoms with van der Waals surface area (Å²) in [7, 11) is 0. The molecule has 1 aromatic carbocycles. The van der Waals surface area contributed by atoms with Crippen LogP contribution in [-0.4, -0.2) is 16.7 Å². The van der Waals surface area contributed by atoms with Crippen molar-refractivity contribution in [1.29, 1.82) is 5.41 Å². The number of benzene rings is 1. The number of hydrogen-bond acceptors (Lipinski definition) is 3. The quantitative estimate of drug-likeness (QED) is 0.462. The van der Waals surface area contributed by atoms with Crippen molar-refractivity contribution in [1.82, 2.24) is 0 Å². The highest BCUT2D eigenvalue weighted by Crippen LogP contribution is 2.04. The first kappa shape index (κ1) is 12.3. The van der Waals surface area contributed by atoms with E-state index in [1.54, 1.807) is 18.2 Å². The Morgan fingerprint density at radius 3 is 2.94 bits per heavy atom. The van der Waals surface area contributed by atoms with Crippen LogP contribution in [0.15, 0.2) is 24.3 Å². The zero-order chi connectivity index (χ0) is 12.0. The molecular weight excluding hydrogens is 220 g/mol. The maximum atomic E-state index is 10.6. The van der Waals surface area contributed by atoms with E-state index in [1.807, 2.05) is 6.07 Å². The highest BCUT2D eigenvalue weighted by atomic mass is 32.2. The number of amidine groups is 1. The molecule has 3 nitrogen and oxygen atoms in total. The molecule has 0 saturated carbocycles. The van der Waals surface area contributed by atoms with Crippen molar-refractivity contribution in [2.45, 2.75) is 6.92 Å². The number of nitrogens with one attached hydrogen (secondary N) is 1. The summed E-state index contributed by atoms with van der Waals surface area (Å²) in [5.74, 6) is 6.32. The van der Waals surface area contributed by atoms with Gasteiger partial charge in [0.2, 0.25) is 0 Å². The van der Waals surface area contributed by atoms with Gasteiger partial charge in [-0.25, -0.2) is 0 Å². The zero-order valence-electron chi connectivity index (χ0n) is 8.91. The summed E-state index contributed by atoms with van der Waals surface area (Å²) in [6.45, 7) is 1.52. The first-order valence-electron chi connectivity index (χ1n) is 4.66. The largest absolute Gasteiger partial charge is 0.384 e. The lowest BCUT2D eigenvalue weighted by atomic mass is 10.1. The Bertz CT molecular complexity index is 471. The summed E-state index contributed by atoms with van der Waals surface area (Å²) >= 11 is 1.18. The predicted octanol–water partition coefficient (Wildman–Crippen LogP) is 1.60. The van der Waals surface area contributed by atoms with E-state index in [1.165, 1.54) is 18.7 Å². The summed E-state index contributed by atoms with van der Waals surface area (Å²) in [6, 6.07) is 7.17. The van der Waals surface area contributed by atoms with Gasteiger partial charge in [0.15, 0.2) is 5.12 Å². The molecular formula is C12H12N2OS. The lowest BCUT2D eigenvalue weighted by Crippen LogP contribution is -2.10. The molecule has 0 atom stereocenters. The standard InChI is InChI=1S/C12H12N2OS/c1-9(15)16-7-3-5-10-4-2-6-11(8-10)12(13)14/h2,4,6,8H,7H2,1H3,(H3,13,14). The molecule has 3 N–H and O–H groups in total. The average Bonchev–Trinajstić information content (AvgIpc) is 2.24. The summed E-state index contributed by atoms with van der Waals surface area (Å²) in [5, 5.41) is 7.34. The van der Waals surface area contributed by atoms with Gasteiger partial charge in [0.1, 0.15) is 5.84 Å². The van der Waals surface area contributed by atoms with Crippen molar-refractivity contribution < 1.29 is 4.79 Å². The van der Waals surface area contributed by atoms with E-state index in [0.717, 1.165) is 5.56 Å². The fourth-order valence-electron chi connectivity index (χ4n) is 1.04. The van der Waals surface area contributed by atoms with Gasteiger partial charge < -0.3 is 5.73 Å². The number of nitrogen functional groups attached to an aromatic ring is 1. The van der Waals surface area contributed by atoms with Crippen molar-refractivity contribution in [3.8, 4) is 11.8 Å². The first-order valence-corrected chi connectivity index (χ1v) is 5.65. The molecule has 0 unspecified atom stereocenters. The minimum Gasteiger partial charge on any atom is -0.384 e. The van der Waals surface area contributed by atoms with Crippen LogP contribution in [0, 0.1) is 17.3 Å². The number of rotatable bonds is 2. The van der Waals surface area contributed by atoms with Gasteiger partial charge in [-0.05, 0) is 12.1 Å². The second-order valence-corrected chi connectivity index (χ2v) is 4.23. The Morgan fingerprint density at radius 1 is 1.56 bits per heavy atom. The molecule has 0 amide bonds. The highest BCUT2D eigenvalue weighted by Gasteiger charge is 1.95. The molecule has 1 aromatic rings. The normalized spacial score (nSPS) is 9.06. The molecule has 16 heavy (non-hydrogen) atoms. The smallest absolute Gasteiger partial charge is 0.186 e. The van der Waals surface area contributed by atoms with E-state index in [0.29, 0.717) is 11.3 Å². The zero-order valence-corrected chi connectivity index (χ0v) is 9.73. The van der Waals surface area contributed by atoms with E-state index in [-0.39, 0.29) is 11.0 Å². The Kier molecular flexibility index (Phi) is 4.62. The molecule has 0 spiro atoms. The van der Waals surface area contributed by atoms with Gasteiger partial charge in [-0.2, -0.15) is 0 Å². The van der Waals surface area contributed by atoms with E-state index >= 15 is 0 Å². The lowest BCUT2D eigenvalue weighted by molar-refractivity contribution is -0.109. The number of carbonyl (C=O) groups excluding carboxylic acids is 1. The second-order valence-electron chi connectivity index (χ2n) is 3.08. The molecule has 0 bridgehead atoms. The fourth-order valence-corrected chi connectivity index (χ4v) is 1.39. The van der Waals surface area contributed by atoms with Gasteiger partial charge in [0.25, 0.3) is 0 Å². The third-order valence-corrected chi connectivity index (χ3v) is 2.45. The van der Waals surface area contributed by atoms with Crippen molar-refractivity contribution in [3.63, 3.8) is 0 Å². The SMILES string of the molecule is CC(=O)SCC#Cc1cccc(C(=N)N)c1. The molecule has 4 heteroatoms. The lowest BCUT2D eigenvalue weighted by Gasteiger charge is -1.97. The topological polar surface area (TPSA) is 66.9 Å². The van der Waals surface area contributed by atoms with Crippen molar-refractivity contribution in [2.24, 2.45) is 5.73 Å². The van der Waals surface area contributed by atoms with Gasteiger partial charge in [-0.15, -0.1) is 0 Å². The highest BCUT2D eigenvalue weighted by molar-refractivity contribution is 8.13. The maximum absolute atomic E-state index is 10.6. The number of nitrogens with two attached hydrogens (primary N) is 1. The van der Waals surface area contributed by atoms with Crippen LogP contribution in [0.1, 0.15) is 18.1 Å². The van der Waals surface area contributed by atoms with Crippen LogP contribution in [0.4, 0.5) is 0 Å². The molecule has 0 aliphatic carbocycles. The first-order chi connectivity index (χ1) is 7.59. The van der Waals surface area contributed by atoms with Crippen LogP contribution < -0.4 is 5.73 Å². The van der Waals surface area contributed by atoms with E-state index < -0.39 is 0 Å². The molecule has 0 saturated heterocycles. The minimum absolute atomic E-state index is 0.0294. The molecule has 82 valence electrons. The molecule has 1 rings (SSSR count). The molecule has 0 heterocycles. The van der Waals surface area contributed by atoms with Gasteiger partial charge >= 0.3 is 0 Å². The predicted molar refractivity (Wildman–Crippen MR) is 67.5 cm³/mol. The van der Waals surface area contributed by atoms with Crippen LogP contribution in [0.3, 0.4) is 0 Å². The summed E-state index contributed by atoms with van der Waals surface area (Å²) in [5.41, 5.74) is 6.82. The maximum Gasteiger partial charge on any atom is 0.186 e. The summed E-state index contributed by atoms with van der Waals surface area (Å²) in [4.78, 5) is 10.6. The van der Waals surface area contributed by atoms with Crippen LogP contribution in [0.2, 0.25) is 0 Å². The molecule has 0 radical (unpaired) electrons. The third-order valence-electron chi connectivity index (χ3n) is 1.75.